The number of benzene rings is 2. The highest BCUT2D eigenvalue weighted by molar-refractivity contribution is 7.18. The van der Waals surface area contributed by atoms with Gasteiger partial charge in [0.2, 0.25) is 0 Å². The Morgan fingerprint density at radius 3 is 1.87 bits per heavy atom. The van der Waals surface area contributed by atoms with Crippen molar-refractivity contribution < 1.29 is 9.47 Å². The number of hydrogen-bond donors (Lipinski definition) is 0. The van der Waals surface area contributed by atoms with Crippen LogP contribution in [0.25, 0.3) is 20.9 Å². The van der Waals surface area contributed by atoms with Crippen molar-refractivity contribution >= 4 is 11.3 Å². The molecule has 0 atom stereocenters. The maximum absolute atomic E-state index is 5.40. The van der Waals surface area contributed by atoms with Crippen LogP contribution in [0.3, 0.4) is 0 Å². The highest BCUT2D eigenvalue weighted by Gasteiger charge is 2.09. The Morgan fingerprint density at radius 2 is 1.26 bits per heavy atom. The summed E-state index contributed by atoms with van der Waals surface area (Å²) in [5, 5.41) is 0. The molecule has 2 nitrogen and oxygen atoms in total. The summed E-state index contributed by atoms with van der Waals surface area (Å²) in [7, 11) is 3.32. The SMILES string of the molecule is COc1ccc(-c2ccc(-c3ccc(C)c(C)c3)s2)cc1OC. The molecule has 3 rings (SSSR count). The predicted molar refractivity (Wildman–Crippen MR) is 97.8 cm³/mol. The minimum Gasteiger partial charge on any atom is -0.493 e. The quantitative estimate of drug-likeness (QED) is 0.611. The van der Waals surface area contributed by atoms with Gasteiger partial charge >= 0.3 is 0 Å². The van der Waals surface area contributed by atoms with E-state index in [4.69, 9.17) is 9.47 Å². The van der Waals surface area contributed by atoms with Crippen LogP contribution in [0.5, 0.6) is 11.5 Å². The van der Waals surface area contributed by atoms with Gasteiger partial charge in [-0.3, -0.25) is 0 Å². The van der Waals surface area contributed by atoms with Gasteiger partial charge in [0.25, 0.3) is 0 Å². The largest absolute Gasteiger partial charge is 0.493 e. The molecule has 1 aromatic heterocycles. The normalized spacial score (nSPS) is 10.6. The molecule has 3 heteroatoms. The molecule has 0 bridgehead atoms. The smallest absolute Gasteiger partial charge is 0.161 e. The number of hydrogen-bond acceptors (Lipinski definition) is 3. The molecular formula is C20H20O2S. The predicted octanol–water partition coefficient (Wildman–Crippen LogP) is 5.72. The number of rotatable bonds is 4. The van der Waals surface area contributed by atoms with E-state index in [0.29, 0.717) is 0 Å². The van der Waals surface area contributed by atoms with E-state index >= 15 is 0 Å². The highest BCUT2D eigenvalue weighted by atomic mass is 32.1. The van der Waals surface area contributed by atoms with Crippen LogP contribution in [0, 0.1) is 13.8 Å². The second kappa shape index (κ2) is 6.47. The fourth-order valence-electron chi connectivity index (χ4n) is 2.53. The van der Waals surface area contributed by atoms with Gasteiger partial charge in [0, 0.05) is 9.75 Å². The lowest BCUT2D eigenvalue weighted by Gasteiger charge is -2.08. The zero-order chi connectivity index (χ0) is 16.4. The lowest BCUT2D eigenvalue weighted by Crippen LogP contribution is -1.90. The first-order valence-corrected chi connectivity index (χ1v) is 8.34. The Morgan fingerprint density at radius 1 is 0.652 bits per heavy atom. The fourth-order valence-corrected chi connectivity index (χ4v) is 3.53. The van der Waals surface area contributed by atoms with E-state index in [1.165, 1.54) is 26.4 Å². The molecule has 0 aliphatic heterocycles. The zero-order valence-electron chi connectivity index (χ0n) is 13.8. The van der Waals surface area contributed by atoms with Crippen molar-refractivity contribution in [2.75, 3.05) is 14.2 Å². The fraction of sp³-hybridized carbons (Fsp3) is 0.200. The lowest BCUT2D eigenvalue weighted by molar-refractivity contribution is 0.355. The lowest BCUT2D eigenvalue weighted by atomic mass is 10.1. The Hall–Kier alpha value is -2.26. The van der Waals surface area contributed by atoms with Crippen LogP contribution in [0.15, 0.2) is 48.5 Å². The summed E-state index contributed by atoms with van der Waals surface area (Å²) in [6.45, 7) is 4.30. The van der Waals surface area contributed by atoms with Gasteiger partial charge in [0.1, 0.15) is 0 Å². The van der Waals surface area contributed by atoms with Gasteiger partial charge in [-0.1, -0.05) is 18.2 Å². The summed E-state index contributed by atoms with van der Waals surface area (Å²) in [6.07, 6.45) is 0. The third-order valence-corrected chi connectivity index (χ3v) is 5.25. The minimum atomic E-state index is 0.752. The third kappa shape index (κ3) is 3.10. The van der Waals surface area contributed by atoms with Gasteiger partial charge in [0.05, 0.1) is 14.2 Å². The molecule has 118 valence electrons. The zero-order valence-corrected chi connectivity index (χ0v) is 14.7. The molecule has 0 fully saturated rings. The third-order valence-electron chi connectivity index (χ3n) is 4.07. The van der Waals surface area contributed by atoms with Crippen molar-refractivity contribution in [1.82, 2.24) is 0 Å². The summed E-state index contributed by atoms with van der Waals surface area (Å²) >= 11 is 1.79. The van der Waals surface area contributed by atoms with E-state index in [2.05, 4.69) is 50.2 Å². The van der Waals surface area contributed by atoms with E-state index in [-0.39, 0.29) is 0 Å². The summed E-state index contributed by atoms with van der Waals surface area (Å²) in [4.78, 5) is 2.50. The molecular weight excluding hydrogens is 304 g/mol. The highest BCUT2D eigenvalue weighted by Crippen LogP contribution is 2.38. The van der Waals surface area contributed by atoms with Crippen LogP contribution >= 0.6 is 11.3 Å². The monoisotopic (exact) mass is 324 g/mol. The average molecular weight is 324 g/mol. The Kier molecular flexibility index (Phi) is 4.39. The van der Waals surface area contributed by atoms with E-state index in [0.717, 1.165) is 17.1 Å². The molecule has 0 saturated heterocycles. The molecule has 2 aromatic carbocycles. The van der Waals surface area contributed by atoms with Gasteiger partial charge in [-0.25, -0.2) is 0 Å². The maximum atomic E-state index is 5.40. The van der Waals surface area contributed by atoms with Crippen molar-refractivity contribution in [2.45, 2.75) is 13.8 Å². The maximum Gasteiger partial charge on any atom is 0.161 e. The number of thiophene rings is 1. The molecule has 0 unspecified atom stereocenters. The van der Waals surface area contributed by atoms with Crippen LogP contribution < -0.4 is 9.47 Å². The number of ether oxygens (including phenoxy) is 2. The molecule has 0 aliphatic carbocycles. The summed E-state index contributed by atoms with van der Waals surface area (Å²) in [6, 6.07) is 17.0. The van der Waals surface area contributed by atoms with Crippen molar-refractivity contribution in [3.05, 3.63) is 59.7 Å². The molecule has 0 radical (unpaired) electrons. The Labute approximate surface area is 141 Å². The summed E-state index contributed by atoms with van der Waals surface area (Å²) in [5.41, 5.74) is 5.06. The molecule has 1 heterocycles. The van der Waals surface area contributed by atoms with Gasteiger partial charge in [-0.15, -0.1) is 11.3 Å². The van der Waals surface area contributed by atoms with Gasteiger partial charge in [0.15, 0.2) is 11.5 Å². The van der Waals surface area contributed by atoms with Crippen molar-refractivity contribution in [3.63, 3.8) is 0 Å². The molecule has 0 aliphatic rings. The molecule has 0 amide bonds. The first-order chi connectivity index (χ1) is 11.1. The van der Waals surface area contributed by atoms with Crippen LogP contribution in [0.1, 0.15) is 11.1 Å². The average Bonchev–Trinajstić information content (AvgIpc) is 3.06. The van der Waals surface area contributed by atoms with E-state index in [1.54, 1.807) is 25.6 Å². The molecule has 3 aromatic rings. The molecule has 0 spiro atoms. The summed E-state index contributed by atoms with van der Waals surface area (Å²) < 4.78 is 10.7. The minimum absolute atomic E-state index is 0.752. The van der Waals surface area contributed by atoms with Crippen LogP contribution in [-0.2, 0) is 0 Å². The van der Waals surface area contributed by atoms with Gasteiger partial charge in [-0.05, 0) is 66.4 Å². The summed E-state index contributed by atoms with van der Waals surface area (Å²) in [5.74, 6) is 1.51. The van der Waals surface area contributed by atoms with E-state index < -0.39 is 0 Å². The number of aryl methyl sites for hydroxylation is 2. The second-order valence-electron chi connectivity index (χ2n) is 5.53. The van der Waals surface area contributed by atoms with E-state index in [1.807, 2.05) is 12.1 Å². The Bertz CT molecular complexity index is 833. The van der Waals surface area contributed by atoms with Gasteiger partial charge < -0.3 is 9.47 Å². The molecule has 0 N–H and O–H groups in total. The van der Waals surface area contributed by atoms with E-state index in [9.17, 15) is 0 Å². The number of methoxy groups -OCH3 is 2. The first-order valence-electron chi connectivity index (χ1n) is 7.52. The standard InChI is InChI=1S/C20H20O2S/c1-13-5-6-15(11-14(13)2)19-9-10-20(23-19)16-7-8-17(21-3)18(12-16)22-4/h5-12H,1-4H3. The van der Waals surface area contributed by atoms with Crippen molar-refractivity contribution in [3.8, 4) is 32.4 Å². The van der Waals surface area contributed by atoms with Crippen molar-refractivity contribution in [2.24, 2.45) is 0 Å². The van der Waals surface area contributed by atoms with Crippen molar-refractivity contribution in [1.29, 1.82) is 0 Å². The van der Waals surface area contributed by atoms with Crippen LogP contribution in [0.4, 0.5) is 0 Å². The van der Waals surface area contributed by atoms with Crippen LogP contribution in [0.2, 0.25) is 0 Å². The van der Waals surface area contributed by atoms with Gasteiger partial charge in [-0.2, -0.15) is 0 Å². The first kappa shape index (κ1) is 15.6. The Balaban J connectivity index is 1.97. The second-order valence-corrected chi connectivity index (χ2v) is 6.62. The molecule has 0 saturated carbocycles. The molecule has 23 heavy (non-hydrogen) atoms. The topological polar surface area (TPSA) is 18.5 Å². The van der Waals surface area contributed by atoms with Crippen LogP contribution in [-0.4, -0.2) is 14.2 Å².